The van der Waals surface area contributed by atoms with Gasteiger partial charge in [0.1, 0.15) is 5.60 Å². The first-order chi connectivity index (χ1) is 15.5. The molecule has 2 amide bonds. The number of halogens is 1. The van der Waals surface area contributed by atoms with E-state index in [9.17, 15) is 9.59 Å². The molecular formula is C27H35BrN2O3. The van der Waals surface area contributed by atoms with Crippen LogP contribution in [0.3, 0.4) is 0 Å². The van der Waals surface area contributed by atoms with Crippen LogP contribution in [0.15, 0.2) is 46.9 Å². The van der Waals surface area contributed by atoms with Gasteiger partial charge in [-0.3, -0.25) is 4.79 Å². The number of unbranched alkanes of at least 4 members (excludes halogenated alkanes) is 1. The minimum absolute atomic E-state index is 0.0764. The fourth-order valence-electron chi connectivity index (χ4n) is 4.32. The van der Waals surface area contributed by atoms with Crippen molar-refractivity contribution in [2.24, 2.45) is 0 Å². The predicted octanol–water partition coefficient (Wildman–Crippen LogP) is 6.23. The number of nitrogens with one attached hydrogen (secondary N) is 1. The second-order valence-electron chi connectivity index (χ2n) is 10.4. The van der Waals surface area contributed by atoms with E-state index in [2.05, 4.69) is 47.2 Å². The number of nitrogens with zero attached hydrogens (tertiary/aromatic N) is 1. The van der Waals surface area contributed by atoms with Crippen molar-refractivity contribution in [2.75, 3.05) is 13.1 Å². The lowest BCUT2D eigenvalue weighted by molar-refractivity contribution is 0.0523. The van der Waals surface area contributed by atoms with Gasteiger partial charge in [0.25, 0.3) is 5.91 Å². The highest BCUT2D eigenvalue weighted by atomic mass is 79.9. The fraction of sp³-hybridized carbons (Fsp3) is 0.481. The van der Waals surface area contributed by atoms with Gasteiger partial charge in [-0.2, -0.15) is 0 Å². The predicted molar refractivity (Wildman–Crippen MR) is 136 cm³/mol. The molecule has 0 saturated carbocycles. The molecular weight excluding hydrogens is 480 g/mol. The molecule has 0 bridgehead atoms. The molecule has 0 unspecified atom stereocenters. The molecule has 1 heterocycles. The van der Waals surface area contributed by atoms with E-state index in [0.717, 1.165) is 53.5 Å². The third-order valence-corrected chi connectivity index (χ3v) is 6.37. The van der Waals surface area contributed by atoms with E-state index in [1.54, 1.807) is 0 Å². The van der Waals surface area contributed by atoms with E-state index >= 15 is 0 Å². The van der Waals surface area contributed by atoms with Crippen LogP contribution in [0, 0.1) is 0 Å². The van der Waals surface area contributed by atoms with Gasteiger partial charge < -0.3 is 15.0 Å². The van der Waals surface area contributed by atoms with Gasteiger partial charge in [0.05, 0.1) is 0 Å². The molecule has 0 spiro atoms. The highest BCUT2D eigenvalue weighted by molar-refractivity contribution is 9.10. The third kappa shape index (κ3) is 6.83. The van der Waals surface area contributed by atoms with Crippen LogP contribution in [-0.4, -0.2) is 35.6 Å². The molecule has 2 aromatic carbocycles. The largest absolute Gasteiger partial charge is 0.444 e. The average Bonchev–Trinajstić information content (AvgIpc) is 2.72. The smallest absolute Gasteiger partial charge is 0.407 e. The first-order valence-electron chi connectivity index (χ1n) is 11.6. The first-order valence-corrected chi connectivity index (χ1v) is 12.4. The van der Waals surface area contributed by atoms with Crippen molar-refractivity contribution in [3.05, 3.63) is 69.2 Å². The number of fused-ring (bicyclic) bond motifs is 1. The molecule has 0 radical (unpaired) electrons. The minimum atomic E-state index is -0.513. The summed E-state index contributed by atoms with van der Waals surface area (Å²) in [6, 6.07) is 14.1. The molecule has 6 heteroatoms. The zero-order valence-corrected chi connectivity index (χ0v) is 21.9. The van der Waals surface area contributed by atoms with E-state index in [1.807, 2.05) is 56.0 Å². The van der Waals surface area contributed by atoms with Crippen molar-refractivity contribution in [3.63, 3.8) is 0 Å². The zero-order valence-electron chi connectivity index (χ0n) is 20.3. The van der Waals surface area contributed by atoms with Crippen LogP contribution in [0.5, 0.6) is 0 Å². The first kappa shape index (κ1) is 25.3. The zero-order chi connectivity index (χ0) is 24.2. The average molecular weight is 515 g/mol. The monoisotopic (exact) mass is 514 g/mol. The Morgan fingerprint density at radius 3 is 2.52 bits per heavy atom. The molecule has 0 atom stereocenters. The summed E-state index contributed by atoms with van der Waals surface area (Å²) in [7, 11) is 0. The number of carbonyl (C=O) groups is 2. The molecule has 0 aliphatic carbocycles. The summed E-state index contributed by atoms with van der Waals surface area (Å²) in [5.74, 6) is 0.124. The van der Waals surface area contributed by atoms with Gasteiger partial charge in [-0.05, 0) is 74.9 Å². The van der Waals surface area contributed by atoms with Crippen LogP contribution in [0.1, 0.15) is 74.5 Å². The molecule has 3 rings (SSSR count). The Morgan fingerprint density at radius 1 is 1.12 bits per heavy atom. The molecule has 178 valence electrons. The minimum Gasteiger partial charge on any atom is -0.444 e. The standard InChI is InChI=1S/C27H35BrN2O3/c1-26(2,3)33-25(32)29-17-20-12-7-6-10-19(20)11-8-9-15-30-18-27(4,5)23-16-21(28)13-14-22(23)24(30)31/h6-7,10,12-14,16H,8-9,11,15,17-18H2,1-5H3,(H,29,32). The van der Waals surface area contributed by atoms with Gasteiger partial charge in [0.2, 0.25) is 0 Å². The van der Waals surface area contributed by atoms with Gasteiger partial charge in [-0.25, -0.2) is 4.79 Å². The Balaban J connectivity index is 1.54. The maximum absolute atomic E-state index is 13.0. The SMILES string of the molecule is CC(C)(C)OC(=O)NCc1ccccc1CCCCN1CC(C)(C)c2cc(Br)ccc2C1=O. The van der Waals surface area contributed by atoms with Crippen LogP contribution in [-0.2, 0) is 23.1 Å². The van der Waals surface area contributed by atoms with E-state index in [0.29, 0.717) is 6.54 Å². The second-order valence-corrected chi connectivity index (χ2v) is 11.3. The summed E-state index contributed by atoms with van der Waals surface area (Å²) in [6.07, 6.45) is 2.40. The molecule has 1 aliphatic rings. The topological polar surface area (TPSA) is 58.6 Å². The molecule has 1 N–H and O–H groups in total. The molecule has 2 aromatic rings. The lowest BCUT2D eigenvalue weighted by Crippen LogP contribution is -2.47. The van der Waals surface area contributed by atoms with Crippen molar-refractivity contribution >= 4 is 27.9 Å². The number of carbonyl (C=O) groups excluding carboxylic acids is 2. The normalized spacial score (nSPS) is 15.2. The van der Waals surface area contributed by atoms with Crippen LogP contribution in [0.25, 0.3) is 0 Å². The van der Waals surface area contributed by atoms with E-state index in [4.69, 9.17) is 4.74 Å². The molecule has 0 aromatic heterocycles. The number of benzene rings is 2. The highest BCUT2D eigenvalue weighted by Gasteiger charge is 2.36. The summed E-state index contributed by atoms with van der Waals surface area (Å²) < 4.78 is 6.34. The Bertz CT molecular complexity index is 1010. The molecule has 33 heavy (non-hydrogen) atoms. The van der Waals surface area contributed by atoms with Crippen molar-refractivity contribution in [1.29, 1.82) is 0 Å². The Labute approximate surface area is 206 Å². The number of rotatable bonds is 7. The maximum Gasteiger partial charge on any atom is 0.407 e. The molecule has 0 saturated heterocycles. The second kappa shape index (κ2) is 10.3. The third-order valence-electron chi connectivity index (χ3n) is 5.88. The number of alkyl carbamates (subject to hydrolysis) is 1. The number of ether oxygens (including phenoxy) is 1. The van der Waals surface area contributed by atoms with Crippen LogP contribution in [0.2, 0.25) is 0 Å². The molecule has 5 nitrogen and oxygen atoms in total. The fourth-order valence-corrected chi connectivity index (χ4v) is 4.68. The molecule has 0 fully saturated rings. The summed E-state index contributed by atoms with van der Waals surface area (Å²) in [6.45, 7) is 11.9. The molecule has 1 aliphatic heterocycles. The quantitative estimate of drug-likeness (QED) is 0.445. The summed E-state index contributed by atoms with van der Waals surface area (Å²) in [5, 5.41) is 2.85. The Kier molecular flexibility index (Phi) is 7.88. The van der Waals surface area contributed by atoms with Gasteiger partial charge in [0, 0.05) is 35.1 Å². The number of hydrogen-bond donors (Lipinski definition) is 1. The van der Waals surface area contributed by atoms with Crippen molar-refractivity contribution < 1.29 is 14.3 Å². The lowest BCUT2D eigenvalue weighted by Gasteiger charge is -2.39. The van der Waals surface area contributed by atoms with Gasteiger partial charge in [-0.1, -0.05) is 54.0 Å². The van der Waals surface area contributed by atoms with Crippen LogP contribution < -0.4 is 5.32 Å². The number of aryl methyl sites for hydroxylation is 1. The van der Waals surface area contributed by atoms with Crippen molar-refractivity contribution in [1.82, 2.24) is 10.2 Å². The van der Waals surface area contributed by atoms with Gasteiger partial charge in [0.15, 0.2) is 0 Å². The van der Waals surface area contributed by atoms with Gasteiger partial charge >= 0.3 is 6.09 Å². The lowest BCUT2D eigenvalue weighted by atomic mass is 9.78. The van der Waals surface area contributed by atoms with Crippen molar-refractivity contribution in [2.45, 2.75) is 71.4 Å². The van der Waals surface area contributed by atoms with Crippen LogP contribution >= 0.6 is 15.9 Å². The Hall–Kier alpha value is -2.34. The van der Waals surface area contributed by atoms with Crippen LogP contribution in [0.4, 0.5) is 4.79 Å². The van der Waals surface area contributed by atoms with E-state index in [-0.39, 0.29) is 11.3 Å². The van der Waals surface area contributed by atoms with Gasteiger partial charge in [-0.15, -0.1) is 0 Å². The summed E-state index contributed by atoms with van der Waals surface area (Å²) >= 11 is 3.53. The maximum atomic E-state index is 13.0. The van der Waals surface area contributed by atoms with Crippen molar-refractivity contribution in [3.8, 4) is 0 Å². The summed E-state index contributed by atoms with van der Waals surface area (Å²) in [5.41, 5.74) is 3.65. The highest BCUT2D eigenvalue weighted by Crippen LogP contribution is 2.35. The van der Waals surface area contributed by atoms with E-state index < -0.39 is 11.7 Å². The van der Waals surface area contributed by atoms with E-state index in [1.165, 1.54) is 5.56 Å². The Morgan fingerprint density at radius 2 is 1.82 bits per heavy atom. The summed E-state index contributed by atoms with van der Waals surface area (Å²) in [4.78, 5) is 27.0. The number of hydrogen-bond acceptors (Lipinski definition) is 3. The number of amides is 2.